The summed E-state index contributed by atoms with van der Waals surface area (Å²) in [5.41, 5.74) is 7.65. The molecule has 0 spiro atoms. The van der Waals surface area contributed by atoms with Crippen molar-refractivity contribution in [1.29, 1.82) is 0 Å². The first-order valence-corrected chi connectivity index (χ1v) is 18.6. The second kappa shape index (κ2) is 15.4. The molecule has 2 aromatic rings. The average molecular weight is 744 g/mol. The lowest BCUT2D eigenvalue weighted by Crippen LogP contribution is -2.53. The van der Waals surface area contributed by atoms with Crippen molar-refractivity contribution in [2.45, 2.75) is 116 Å². The van der Waals surface area contributed by atoms with Crippen molar-refractivity contribution in [2.24, 2.45) is 10.7 Å². The quantitative estimate of drug-likeness (QED) is 0.0847. The first-order chi connectivity index (χ1) is 24.1. The molecular weight excluding hydrogens is 694 g/mol. The van der Waals surface area contributed by atoms with Gasteiger partial charge in [0.25, 0.3) is 15.7 Å². The zero-order chi connectivity index (χ0) is 38.8. The second-order valence-corrected chi connectivity index (χ2v) is 16.4. The van der Waals surface area contributed by atoms with Gasteiger partial charge in [0.1, 0.15) is 29.0 Å². The van der Waals surface area contributed by atoms with Crippen molar-refractivity contribution in [3.63, 3.8) is 0 Å². The summed E-state index contributed by atoms with van der Waals surface area (Å²) in [5.74, 6) is -0.607. The van der Waals surface area contributed by atoms with E-state index in [-0.39, 0.29) is 42.5 Å². The van der Waals surface area contributed by atoms with E-state index in [0.717, 1.165) is 11.1 Å². The number of carbonyl (C=O) groups excluding carboxylic acids is 3. The number of sulfonamides is 1. The molecule has 3 amide bonds. The summed E-state index contributed by atoms with van der Waals surface area (Å²) in [6.07, 6.45) is 0.936. The van der Waals surface area contributed by atoms with Gasteiger partial charge in [-0.05, 0) is 110 Å². The molecule has 284 valence electrons. The third kappa shape index (κ3) is 9.48. The van der Waals surface area contributed by atoms with Crippen LogP contribution in [0.15, 0.2) is 34.2 Å². The summed E-state index contributed by atoms with van der Waals surface area (Å²) >= 11 is 0. The Hall–Kier alpha value is -4.93. The highest BCUT2D eigenvalue weighted by Gasteiger charge is 2.39. The van der Waals surface area contributed by atoms with Crippen molar-refractivity contribution in [1.82, 2.24) is 14.9 Å². The van der Waals surface area contributed by atoms with Crippen LogP contribution in [0, 0.1) is 30.9 Å². The van der Waals surface area contributed by atoms with Crippen LogP contribution in [-0.4, -0.2) is 78.5 Å². The van der Waals surface area contributed by atoms with Gasteiger partial charge >= 0.3 is 6.09 Å². The van der Waals surface area contributed by atoms with Crippen molar-refractivity contribution < 1.29 is 37.2 Å². The molecule has 5 N–H and O–H groups in total. The standard InChI is InChI=1S/C35H49N7O9S/c1-20-21(2)29(22(3)25-19-35(7,8)50-28(20)25)52(48,49)40-32(36)37-17-9-11-26(39-33(45)51-34(4,5)6)31(44)41-18-10-12-27(41)30(43)38-23-13-15-24(16-14-23)42(46)47/h13-16,26-27H,9-12,17-19H2,1-8H3,(H,38,43)(H,39,45)(H3,36,37,40)/t26-,27-/m0/s1. The zero-order valence-electron chi connectivity index (χ0n) is 30.9. The second-order valence-electron chi connectivity index (χ2n) is 14.7. The van der Waals surface area contributed by atoms with Crippen molar-refractivity contribution in [3.05, 3.63) is 56.6 Å². The molecule has 2 heterocycles. The van der Waals surface area contributed by atoms with Crippen molar-refractivity contribution >= 4 is 45.3 Å². The lowest BCUT2D eigenvalue weighted by Gasteiger charge is -2.29. The monoisotopic (exact) mass is 743 g/mol. The number of guanidine groups is 1. The predicted octanol–water partition coefficient (Wildman–Crippen LogP) is 4.13. The van der Waals surface area contributed by atoms with Crippen LogP contribution in [-0.2, 0) is 30.8 Å². The molecule has 0 radical (unpaired) electrons. The minimum absolute atomic E-state index is 0.0153. The van der Waals surface area contributed by atoms with E-state index in [4.69, 9.17) is 15.2 Å². The van der Waals surface area contributed by atoms with Crippen molar-refractivity contribution in [2.75, 3.05) is 18.4 Å². The number of rotatable bonds is 11. The third-order valence-corrected chi connectivity index (χ3v) is 10.5. The van der Waals surface area contributed by atoms with Gasteiger partial charge in [-0.1, -0.05) is 0 Å². The number of nitrogens with two attached hydrogens (primary N) is 1. The fourth-order valence-corrected chi connectivity index (χ4v) is 7.99. The van der Waals surface area contributed by atoms with E-state index >= 15 is 0 Å². The lowest BCUT2D eigenvalue weighted by atomic mass is 9.94. The number of nitro groups is 1. The summed E-state index contributed by atoms with van der Waals surface area (Å²) < 4.78 is 41.0. The van der Waals surface area contributed by atoms with Gasteiger partial charge in [0.05, 0.1) is 9.82 Å². The normalized spacial score (nSPS) is 17.5. The van der Waals surface area contributed by atoms with Gasteiger partial charge in [0.15, 0.2) is 0 Å². The highest BCUT2D eigenvalue weighted by molar-refractivity contribution is 7.90. The Morgan fingerprint density at radius 2 is 1.79 bits per heavy atom. The molecule has 0 aliphatic carbocycles. The number of likely N-dealkylation sites (tertiary alicyclic amines) is 1. The largest absolute Gasteiger partial charge is 0.487 e. The maximum atomic E-state index is 13.9. The van der Waals surface area contributed by atoms with Crippen LogP contribution in [0.25, 0.3) is 0 Å². The Labute approximate surface area is 304 Å². The number of benzene rings is 2. The number of nitrogens with zero attached hydrogens (tertiary/aromatic N) is 3. The molecule has 0 aromatic heterocycles. The van der Waals surface area contributed by atoms with Crippen LogP contribution in [0.5, 0.6) is 5.75 Å². The van der Waals surface area contributed by atoms with Gasteiger partial charge in [0, 0.05) is 42.9 Å². The number of anilines is 1. The lowest BCUT2D eigenvalue weighted by molar-refractivity contribution is -0.384. The first kappa shape index (κ1) is 39.8. The number of aliphatic imine (C=N–C) groups is 1. The Kier molecular flexibility index (Phi) is 11.8. The van der Waals surface area contributed by atoms with Crippen LogP contribution in [0.4, 0.5) is 16.2 Å². The number of hydrogen-bond donors (Lipinski definition) is 4. The number of amides is 3. The number of ether oxygens (including phenoxy) is 2. The fraction of sp³-hybridized carbons (Fsp3) is 0.543. The number of non-ortho nitro benzene ring substituents is 1. The van der Waals surface area contributed by atoms with Gasteiger partial charge in [-0.2, -0.15) is 0 Å². The Morgan fingerprint density at radius 3 is 2.40 bits per heavy atom. The summed E-state index contributed by atoms with van der Waals surface area (Å²) in [6.45, 7) is 14.5. The molecule has 52 heavy (non-hydrogen) atoms. The summed E-state index contributed by atoms with van der Waals surface area (Å²) in [7, 11) is -4.12. The molecule has 4 rings (SSSR count). The molecule has 2 aliphatic heterocycles. The van der Waals surface area contributed by atoms with Crippen LogP contribution in [0.3, 0.4) is 0 Å². The molecule has 2 aromatic carbocycles. The molecule has 17 heteroatoms. The van der Waals surface area contributed by atoms with Crippen molar-refractivity contribution in [3.8, 4) is 5.75 Å². The molecule has 0 unspecified atom stereocenters. The minimum atomic E-state index is -4.12. The highest BCUT2D eigenvalue weighted by atomic mass is 32.2. The molecule has 16 nitrogen and oxygen atoms in total. The third-order valence-electron chi connectivity index (χ3n) is 8.91. The Bertz CT molecular complexity index is 1870. The van der Waals surface area contributed by atoms with Crippen LogP contribution in [0.1, 0.15) is 82.6 Å². The molecule has 2 atom stereocenters. The van der Waals surface area contributed by atoms with E-state index in [2.05, 4.69) is 20.3 Å². The molecule has 0 bridgehead atoms. The molecular formula is C35H49N7O9S. The Balaban J connectivity index is 1.45. The topological polar surface area (TPSA) is 225 Å². The van der Waals surface area contributed by atoms with Crippen LogP contribution < -0.4 is 25.8 Å². The maximum Gasteiger partial charge on any atom is 0.408 e. The van der Waals surface area contributed by atoms with Gasteiger partial charge in [-0.15, -0.1) is 0 Å². The summed E-state index contributed by atoms with van der Waals surface area (Å²) in [4.78, 5) is 56.0. The molecule has 0 saturated carbocycles. The molecule has 1 saturated heterocycles. The van der Waals surface area contributed by atoms with E-state index in [1.165, 1.54) is 29.2 Å². The SMILES string of the molecule is Cc1c(C)c(S(=O)(=O)NC(N)=NCCC[C@H](NC(=O)OC(C)(C)C)C(=O)N2CCC[C@H]2C(=O)Nc2ccc([N+](=O)[O-])cc2)c(C)c2c1OC(C)(C)C2. The van der Waals surface area contributed by atoms with E-state index in [0.29, 0.717) is 41.8 Å². The van der Waals surface area contributed by atoms with E-state index in [1.807, 2.05) is 20.8 Å². The number of fused-ring (bicyclic) bond motifs is 1. The minimum Gasteiger partial charge on any atom is -0.487 e. The summed E-state index contributed by atoms with van der Waals surface area (Å²) in [5, 5.41) is 16.3. The smallest absolute Gasteiger partial charge is 0.408 e. The van der Waals surface area contributed by atoms with Crippen LogP contribution >= 0.6 is 0 Å². The number of carbonyl (C=O) groups is 3. The van der Waals surface area contributed by atoms with Gasteiger partial charge < -0.3 is 30.7 Å². The van der Waals surface area contributed by atoms with Gasteiger partial charge in [-0.25, -0.2) is 17.9 Å². The van der Waals surface area contributed by atoms with E-state index in [1.54, 1.807) is 34.6 Å². The number of alkyl carbamates (subject to hydrolysis) is 1. The predicted molar refractivity (Wildman–Crippen MR) is 195 cm³/mol. The van der Waals surface area contributed by atoms with E-state index in [9.17, 15) is 32.9 Å². The average Bonchev–Trinajstić information content (AvgIpc) is 3.65. The highest BCUT2D eigenvalue weighted by Crippen LogP contribution is 2.43. The Morgan fingerprint density at radius 1 is 1.13 bits per heavy atom. The van der Waals surface area contributed by atoms with E-state index < -0.39 is 56.1 Å². The van der Waals surface area contributed by atoms with Crippen LogP contribution in [0.2, 0.25) is 0 Å². The zero-order valence-corrected chi connectivity index (χ0v) is 31.7. The first-order valence-electron chi connectivity index (χ1n) is 17.1. The summed E-state index contributed by atoms with van der Waals surface area (Å²) in [6, 6.07) is 3.39. The fourth-order valence-electron chi connectivity index (χ4n) is 6.47. The molecule has 1 fully saturated rings. The maximum absolute atomic E-state index is 13.9. The number of hydrogen-bond acceptors (Lipinski definition) is 10. The number of nitrogens with one attached hydrogen (secondary N) is 3. The number of nitro benzene ring substituents is 1. The van der Waals surface area contributed by atoms with Gasteiger partial charge in [0.2, 0.25) is 17.8 Å². The molecule has 2 aliphatic rings. The van der Waals surface area contributed by atoms with Gasteiger partial charge in [-0.3, -0.25) is 24.7 Å².